The zero-order chi connectivity index (χ0) is 12.5. The van der Waals surface area contributed by atoms with Crippen molar-refractivity contribution >= 4 is 37.5 Å². The van der Waals surface area contributed by atoms with Crippen LogP contribution in [-0.4, -0.2) is 13.6 Å². The standard InChI is InChI=1S/C9H8BrN3O3S/c10-6-1-2-7(11)8(5-6)17(14,15)13-9-3-4-16-12-9/h1-5H,11H2,(H,12,13). The summed E-state index contributed by atoms with van der Waals surface area (Å²) < 4.78 is 31.4. The van der Waals surface area contributed by atoms with Crippen LogP contribution < -0.4 is 10.5 Å². The van der Waals surface area contributed by atoms with Gasteiger partial charge in [0.25, 0.3) is 10.0 Å². The van der Waals surface area contributed by atoms with E-state index in [0.29, 0.717) is 4.47 Å². The van der Waals surface area contributed by atoms with Gasteiger partial charge >= 0.3 is 0 Å². The summed E-state index contributed by atoms with van der Waals surface area (Å²) in [5.41, 5.74) is 5.78. The number of nitrogens with zero attached hydrogens (tertiary/aromatic N) is 1. The van der Waals surface area contributed by atoms with E-state index in [-0.39, 0.29) is 16.4 Å². The fourth-order valence-electron chi connectivity index (χ4n) is 1.20. The Balaban J connectivity index is 2.41. The third-order valence-corrected chi connectivity index (χ3v) is 3.85. The van der Waals surface area contributed by atoms with Crippen molar-refractivity contribution in [2.24, 2.45) is 0 Å². The van der Waals surface area contributed by atoms with E-state index in [1.807, 2.05) is 0 Å². The molecule has 1 aromatic heterocycles. The van der Waals surface area contributed by atoms with E-state index in [1.54, 1.807) is 6.07 Å². The number of nitrogens with one attached hydrogen (secondary N) is 1. The third-order valence-electron chi connectivity index (χ3n) is 1.94. The zero-order valence-corrected chi connectivity index (χ0v) is 10.8. The maximum Gasteiger partial charge on any atom is 0.265 e. The van der Waals surface area contributed by atoms with Gasteiger partial charge in [-0.25, -0.2) is 8.42 Å². The molecular weight excluding hydrogens is 310 g/mol. The molecule has 2 rings (SSSR count). The molecule has 17 heavy (non-hydrogen) atoms. The quantitative estimate of drug-likeness (QED) is 0.841. The van der Waals surface area contributed by atoms with E-state index in [9.17, 15) is 8.42 Å². The Morgan fingerprint density at radius 3 is 2.76 bits per heavy atom. The number of hydrogen-bond acceptors (Lipinski definition) is 5. The lowest BCUT2D eigenvalue weighted by molar-refractivity contribution is 0.423. The van der Waals surface area contributed by atoms with E-state index in [0.717, 1.165) is 0 Å². The molecule has 0 saturated heterocycles. The molecule has 2 aromatic rings. The van der Waals surface area contributed by atoms with E-state index < -0.39 is 10.0 Å². The van der Waals surface area contributed by atoms with Gasteiger partial charge in [0, 0.05) is 10.5 Å². The first kappa shape index (κ1) is 11.9. The van der Waals surface area contributed by atoms with Crippen LogP contribution in [0.15, 0.2) is 44.4 Å². The van der Waals surface area contributed by atoms with Crippen LogP contribution in [-0.2, 0) is 10.0 Å². The highest BCUT2D eigenvalue weighted by Crippen LogP contribution is 2.24. The average Bonchev–Trinajstić information content (AvgIpc) is 2.73. The number of halogens is 1. The Labute approximate surface area is 106 Å². The average molecular weight is 318 g/mol. The molecular formula is C9H8BrN3O3S. The van der Waals surface area contributed by atoms with Gasteiger partial charge in [-0.1, -0.05) is 21.1 Å². The maximum atomic E-state index is 12.0. The highest BCUT2D eigenvalue weighted by atomic mass is 79.9. The van der Waals surface area contributed by atoms with Gasteiger partial charge in [0.2, 0.25) is 0 Å². The van der Waals surface area contributed by atoms with Crippen molar-refractivity contribution in [3.63, 3.8) is 0 Å². The van der Waals surface area contributed by atoms with Crippen molar-refractivity contribution in [2.75, 3.05) is 10.5 Å². The first-order valence-electron chi connectivity index (χ1n) is 4.47. The molecule has 3 N–H and O–H groups in total. The van der Waals surface area contributed by atoms with Gasteiger partial charge in [0.1, 0.15) is 11.2 Å². The Bertz CT molecular complexity index is 625. The van der Waals surface area contributed by atoms with Gasteiger partial charge in [-0.3, -0.25) is 4.72 Å². The van der Waals surface area contributed by atoms with Crippen molar-refractivity contribution in [2.45, 2.75) is 4.90 Å². The molecule has 0 aliphatic heterocycles. The largest absolute Gasteiger partial charge is 0.398 e. The number of hydrogen-bond donors (Lipinski definition) is 2. The van der Waals surface area contributed by atoms with Crippen molar-refractivity contribution < 1.29 is 12.9 Å². The predicted molar refractivity (Wildman–Crippen MR) is 65.9 cm³/mol. The minimum Gasteiger partial charge on any atom is -0.398 e. The first-order valence-corrected chi connectivity index (χ1v) is 6.75. The van der Waals surface area contributed by atoms with Crippen LogP contribution in [0.1, 0.15) is 0 Å². The van der Waals surface area contributed by atoms with Crippen LogP contribution in [0, 0.1) is 0 Å². The molecule has 0 radical (unpaired) electrons. The molecule has 0 fully saturated rings. The molecule has 6 nitrogen and oxygen atoms in total. The van der Waals surface area contributed by atoms with Crippen molar-refractivity contribution in [3.05, 3.63) is 35.0 Å². The van der Waals surface area contributed by atoms with Crippen molar-refractivity contribution in [1.29, 1.82) is 0 Å². The Hall–Kier alpha value is -1.54. The molecule has 0 atom stereocenters. The van der Waals surface area contributed by atoms with Crippen LogP contribution in [0.5, 0.6) is 0 Å². The van der Waals surface area contributed by atoms with Gasteiger partial charge in [-0.15, -0.1) is 0 Å². The topological polar surface area (TPSA) is 98.2 Å². The Kier molecular flexibility index (Phi) is 3.07. The molecule has 0 unspecified atom stereocenters. The first-order chi connectivity index (χ1) is 7.99. The highest BCUT2D eigenvalue weighted by molar-refractivity contribution is 9.10. The van der Waals surface area contributed by atoms with Crippen LogP contribution in [0.25, 0.3) is 0 Å². The molecule has 1 aromatic carbocycles. The SMILES string of the molecule is Nc1ccc(Br)cc1S(=O)(=O)Nc1ccon1. The van der Waals surface area contributed by atoms with Crippen LogP contribution >= 0.6 is 15.9 Å². The smallest absolute Gasteiger partial charge is 0.265 e. The molecule has 8 heteroatoms. The van der Waals surface area contributed by atoms with E-state index in [4.69, 9.17) is 5.73 Å². The fourth-order valence-corrected chi connectivity index (χ4v) is 2.86. The molecule has 0 saturated carbocycles. The number of aromatic nitrogens is 1. The number of anilines is 2. The predicted octanol–water partition coefficient (Wildman–Crippen LogP) is 1.82. The molecule has 0 aliphatic carbocycles. The lowest BCUT2D eigenvalue weighted by atomic mass is 10.3. The van der Waals surface area contributed by atoms with Gasteiger partial charge in [0.15, 0.2) is 5.82 Å². The number of sulfonamides is 1. The summed E-state index contributed by atoms with van der Waals surface area (Å²) in [6, 6.07) is 5.97. The lowest BCUT2D eigenvalue weighted by Crippen LogP contribution is -2.15. The minimum atomic E-state index is -3.76. The minimum absolute atomic E-state index is 0.0186. The molecule has 1 heterocycles. The van der Waals surface area contributed by atoms with E-state index >= 15 is 0 Å². The number of nitrogen functional groups attached to an aromatic ring is 1. The van der Waals surface area contributed by atoms with Gasteiger partial charge in [0.05, 0.1) is 5.69 Å². The van der Waals surface area contributed by atoms with Crippen LogP contribution in [0.3, 0.4) is 0 Å². The Morgan fingerprint density at radius 2 is 2.12 bits per heavy atom. The summed E-state index contributed by atoms with van der Waals surface area (Å²) >= 11 is 3.18. The van der Waals surface area contributed by atoms with E-state index in [2.05, 4.69) is 30.3 Å². The fraction of sp³-hybridized carbons (Fsp3) is 0. The summed E-state index contributed by atoms with van der Waals surface area (Å²) in [5, 5.41) is 3.46. The van der Waals surface area contributed by atoms with Crippen LogP contribution in [0.2, 0.25) is 0 Å². The zero-order valence-electron chi connectivity index (χ0n) is 8.42. The maximum absolute atomic E-state index is 12.0. The van der Waals surface area contributed by atoms with Gasteiger partial charge in [-0.2, -0.15) is 0 Å². The van der Waals surface area contributed by atoms with Crippen molar-refractivity contribution in [3.8, 4) is 0 Å². The summed E-state index contributed by atoms with van der Waals surface area (Å²) in [4.78, 5) is -0.0186. The normalized spacial score (nSPS) is 11.4. The number of nitrogens with two attached hydrogens (primary N) is 1. The molecule has 90 valence electrons. The Morgan fingerprint density at radius 1 is 1.35 bits per heavy atom. The second-order valence-electron chi connectivity index (χ2n) is 3.17. The highest BCUT2D eigenvalue weighted by Gasteiger charge is 2.18. The molecule has 0 spiro atoms. The second kappa shape index (κ2) is 4.38. The van der Waals surface area contributed by atoms with Gasteiger partial charge in [-0.05, 0) is 18.2 Å². The summed E-state index contributed by atoms with van der Waals surface area (Å²) in [6.45, 7) is 0. The summed E-state index contributed by atoms with van der Waals surface area (Å²) in [6.07, 6.45) is 1.27. The third kappa shape index (κ3) is 2.59. The number of benzene rings is 1. The molecule has 0 bridgehead atoms. The van der Waals surface area contributed by atoms with Crippen molar-refractivity contribution in [1.82, 2.24) is 5.16 Å². The molecule has 0 aliphatic rings. The lowest BCUT2D eigenvalue weighted by Gasteiger charge is -2.07. The summed E-state index contributed by atoms with van der Waals surface area (Å²) in [5.74, 6) is 0.101. The van der Waals surface area contributed by atoms with E-state index in [1.165, 1.54) is 24.5 Å². The monoisotopic (exact) mass is 317 g/mol. The number of rotatable bonds is 3. The summed E-state index contributed by atoms with van der Waals surface area (Å²) in [7, 11) is -3.76. The van der Waals surface area contributed by atoms with Gasteiger partial charge < -0.3 is 10.3 Å². The van der Waals surface area contributed by atoms with Crippen LogP contribution in [0.4, 0.5) is 11.5 Å². The second-order valence-corrected chi connectivity index (χ2v) is 5.74. The molecule has 0 amide bonds.